The van der Waals surface area contributed by atoms with E-state index < -0.39 is 12.1 Å². The SMILES string of the molecule is CCCCCCCCC/C=C\CCCCCCCC(=O)OCCCC/C=C\CCCCCCC(=O)NC(CO)C(O)CCCCCCCCCCCCCCCC. The molecule has 2 atom stereocenters. The van der Waals surface area contributed by atoms with Gasteiger partial charge in [0, 0.05) is 12.8 Å². The molecule has 2 unspecified atom stereocenters. The van der Waals surface area contributed by atoms with Crippen LogP contribution in [0.5, 0.6) is 0 Å². The van der Waals surface area contributed by atoms with Gasteiger partial charge in [0.25, 0.3) is 0 Å². The van der Waals surface area contributed by atoms with Crippen molar-refractivity contribution in [3.05, 3.63) is 24.3 Å². The number of aliphatic hydroxyl groups excluding tert-OH is 2. The molecule has 0 saturated carbocycles. The molecule has 0 heterocycles. The molecule has 0 rings (SSSR count). The number of nitrogens with one attached hydrogen (secondary N) is 1. The van der Waals surface area contributed by atoms with Crippen LogP contribution in [0, 0.1) is 0 Å². The second kappa shape index (κ2) is 47.0. The average Bonchev–Trinajstić information content (AvgIpc) is 3.21. The Morgan fingerprint density at radius 1 is 0.474 bits per heavy atom. The molecule has 0 saturated heterocycles. The fraction of sp³-hybridized carbons (Fsp3) is 0.882. The first-order valence-corrected chi connectivity index (χ1v) is 25.1. The third-order valence-corrected chi connectivity index (χ3v) is 11.5. The summed E-state index contributed by atoms with van der Waals surface area (Å²) in [4.78, 5) is 24.4. The number of unbranched alkanes of at least 4 members (excludes halogenated alkanes) is 31. The van der Waals surface area contributed by atoms with Crippen molar-refractivity contribution in [2.45, 2.75) is 276 Å². The van der Waals surface area contributed by atoms with Crippen LogP contribution in [0.1, 0.15) is 264 Å². The highest BCUT2D eigenvalue weighted by atomic mass is 16.5. The number of hydrogen-bond acceptors (Lipinski definition) is 5. The Hall–Kier alpha value is -1.66. The molecule has 0 aromatic rings. The number of carbonyl (C=O) groups is 2. The maximum absolute atomic E-state index is 12.4. The molecule has 0 aromatic carbocycles. The first-order valence-electron chi connectivity index (χ1n) is 25.1. The van der Waals surface area contributed by atoms with E-state index in [4.69, 9.17) is 4.74 Å². The van der Waals surface area contributed by atoms with Gasteiger partial charge in [-0.15, -0.1) is 0 Å². The van der Waals surface area contributed by atoms with Crippen molar-refractivity contribution in [1.29, 1.82) is 0 Å². The zero-order valence-corrected chi connectivity index (χ0v) is 38.1. The average molecular weight is 804 g/mol. The van der Waals surface area contributed by atoms with Crippen LogP contribution in [0.25, 0.3) is 0 Å². The molecule has 0 aliphatic heterocycles. The van der Waals surface area contributed by atoms with Crippen molar-refractivity contribution in [3.8, 4) is 0 Å². The third kappa shape index (κ3) is 43.7. The number of amides is 1. The van der Waals surface area contributed by atoms with E-state index in [9.17, 15) is 19.8 Å². The van der Waals surface area contributed by atoms with Crippen LogP contribution >= 0.6 is 0 Å². The second-order valence-corrected chi connectivity index (χ2v) is 17.1. The Morgan fingerprint density at radius 3 is 1.25 bits per heavy atom. The number of esters is 1. The molecule has 336 valence electrons. The van der Waals surface area contributed by atoms with Crippen LogP contribution < -0.4 is 5.32 Å². The van der Waals surface area contributed by atoms with Gasteiger partial charge in [0.05, 0.1) is 25.4 Å². The van der Waals surface area contributed by atoms with Gasteiger partial charge in [-0.1, -0.05) is 199 Å². The van der Waals surface area contributed by atoms with E-state index >= 15 is 0 Å². The minimum Gasteiger partial charge on any atom is -0.466 e. The quantitative estimate of drug-likeness (QED) is 0.0324. The summed E-state index contributed by atoms with van der Waals surface area (Å²) in [6.45, 7) is 4.85. The molecule has 0 bridgehead atoms. The van der Waals surface area contributed by atoms with Crippen LogP contribution in [0.2, 0.25) is 0 Å². The summed E-state index contributed by atoms with van der Waals surface area (Å²) in [6, 6.07) is -0.566. The van der Waals surface area contributed by atoms with Crippen LogP contribution in [0.3, 0.4) is 0 Å². The van der Waals surface area contributed by atoms with Crippen molar-refractivity contribution in [3.63, 3.8) is 0 Å². The Bertz CT molecular complexity index is 889. The van der Waals surface area contributed by atoms with Crippen molar-refractivity contribution >= 4 is 11.9 Å². The highest BCUT2D eigenvalue weighted by Crippen LogP contribution is 2.16. The van der Waals surface area contributed by atoms with Crippen molar-refractivity contribution in [1.82, 2.24) is 5.32 Å². The summed E-state index contributed by atoms with van der Waals surface area (Å²) in [7, 11) is 0. The highest BCUT2D eigenvalue weighted by molar-refractivity contribution is 5.76. The molecular weight excluding hydrogens is 707 g/mol. The topological polar surface area (TPSA) is 95.9 Å². The van der Waals surface area contributed by atoms with Gasteiger partial charge < -0.3 is 20.3 Å². The Labute approximate surface area is 354 Å². The van der Waals surface area contributed by atoms with Gasteiger partial charge in [-0.25, -0.2) is 0 Å². The van der Waals surface area contributed by atoms with Gasteiger partial charge in [0.2, 0.25) is 5.91 Å². The summed E-state index contributed by atoms with van der Waals surface area (Å²) < 4.78 is 5.43. The summed E-state index contributed by atoms with van der Waals surface area (Å²) in [6.07, 6.45) is 54.3. The Balaban J connectivity index is 3.53. The maximum atomic E-state index is 12.4. The first-order chi connectivity index (χ1) is 28.0. The third-order valence-electron chi connectivity index (χ3n) is 11.5. The van der Waals surface area contributed by atoms with E-state index in [2.05, 4.69) is 43.5 Å². The molecule has 0 fully saturated rings. The van der Waals surface area contributed by atoms with Crippen molar-refractivity contribution in [2.75, 3.05) is 13.2 Å². The number of ether oxygens (including phenoxy) is 1. The van der Waals surface area contributed by atoms with Gasteiger partial charge >= 0.3 is 5.97 Å². The minimum atomic E-state index is -0.685. The molecule has 0 aliphatic carbocycles. The van der Waals surface area contributed by atoms with Crippen LogP contribution in [-0.4, -0.2) is 47.4 Å². The van der Waals surface area contributed by atoms with Crippen molar-refractivity contribution < 1.29 is 24.5 Å². The zero-order valence-electron chi connectivity index (χ0n) is 38.1. The summed E-state index contributed by atoms with van der Waals surface area (Å²) in [5, 5.41) is 23.2. The van der Waals surface area contributed by atoms with E-state index in [0.29, 0.717) is 25.9 Å². The van der Waals surface area contributed by atoms with Crippen LogP contribution in [0.15, 0.2) is 24.3 Å². The predicted octanol–water partition coefficient (Wildman–Crippen LogP) is 14.7. The number of allylic oxidation sites excluding steroid dienone is 4. The van der Waals surface area contributed by atoms with Gasteiger partial charge in [-0.2, -0.15) is 0 Å². The largest absolute Gasteiger partial charge is 0.466 e. The predicted molar refractivity (Wildman–Crippen MR) is 246 cm³/mol. The number of hydrogen-bond donors (Lipinski definition) is 3. The minimum absolute atomic E-state index is 0.0440. The van der Waals surface area contributed by atoms with Crippen LogP contribution in [-0.2, 0) is 14.3 Å². The van der Waals surface area contributed by atoms with Crippen molar-refractivity contribution in [2.24, 2.45) is 0 Å². The highest BCUT2D eigenvalue weighted by Gasteiger charge is 2.20. The normalized spacial score (nSPS) is 12.8. The number of aliphatic hydroxyl groups is 2. The lowest BCUT2D eigenvalue weighted by atomic mass is 10.0. The van der Waals surface area contributed by atoms with Gasteiger partial charge in [-0.05, 0) is 77.0 Å². The molecule has 0 spiro atoms. The van der Waals surface area contributed by atoms with Gasteiger partial charge in [-0.3, -0.25) is 9.59 Å². The molecule has 0 aromatic heterocycles. The molecule has 6 nitrogen and oxygen atoms in total. The molecule has 3 N–H and O–H groups in total. The lowest BCUT2D eigenvalue weighted by Gasteiger charge is -2.22. The maximum Gasteiger partial charge on any atom is 0.305 e. The molecule has 1 amide bonds. The number of carbonyl (C=O) groups excluding carboxylic acids is 2. The summed E-state index contributed by atoms with van der Waals surface area (Å²) in [5.41, 5.74) is 0. The zero-order chi connectivity index (χ0) is 41.5. The lowest BCUT2D eigenvalue weighted by Crippen LogP contribution is -2.45. The number of rotatable bonds is 46. The van der Waals surface area contributed by atoms with Crippen LogP contribution in [0.4, 0.5) is 0 Å². The first kappa shape index (κ1) is 55.3. The Kier molecular flexibility index (Phi) is 45.7. The molecule has 6 heteroatoms. The fourth-order valence-electron chi connectivity index (χ4n) is 7.57. The summed E-state index contributed by atoms with van der Waals surface area (Å²) >= 11 is 0. The second-order valence-electron chi connectivity index (χ2n) is 17.1. The molecular formula is C51H97NO5. The Morgan fingerprint density at radius 2 is 0.825 bits per heavy atom. The fourth-order valence-corrected chi connectivity index (χ4v) is 7.57. The van der Waals surface area contributed by atoms with E-state index in [0.717, 1.165) is 77.0 Å². The standard InChI is InChI=1S/C51H97NO5/c1-3-5-7-9-11-13-15-17-19-20-22-24-29-33-37-41-45-51(56)57-46-42-38-34-30-26-25-28-32-36-40-44-50(55)52-48(47-53)49(54)43-39-35-31-27-23-21-18-16-14-12-10-8-6-4-2/h19-20,26,30,48-49,53-54H,3-18,21-25,27-29,31-47H2,1-2H3,(H,52,55)/b20-19-,30-26-. The lowest BCUT2D eigenvalue weighted by molar-refractivity contribution is -0.143. The monoisotopic (exact) mass is 804 g/mol. The van der Waals surface area contributed by atoms with Gasteiger partial charge in [0.1, 0.15) is 0 Å². The van der Waals surface area contributed by atoms with Gasteiger partial charge in [0.15, 0.2) is 0 Å². The van der Waals surface area contributed by atoms with E-state index in [1.807, 2.05) is 0 Å². The molecule has 0 aliphatic rings. The summed E-state index contributed by atoms with van der Waals surface area (Å²) in [5.74, 6) is -0.115. The smallest absolute Gasteiger partial charge is 0.305 e. The molecule has 57 heavy (non-hydrogen) atoms. The molecule has 0 radical (unpaired) electrons. The van der Waals surface area contributed by atoms with E-state index in [-0.39, 0.29) is 18.5 Å². The van der Waals surface area contributed by atoms with E-state index in [1.54, 1.807) is 0 Å². The van der Waals surface area contributed by atoms with E-state index in [1.165, 1.54) is 154 Å².